The van der Waals surface area contributed by atoms with Gasteiger partial charge in [-0.15, -0.1) is 0 Å². The van der Waals surface area contributed by atoms with E-state index in [-0.39, 0.29) is 5.41 Å². The van der Waals surface area contributed by atoms with Crippen molar-refractivity contribution in [3.8, 4) is 0 Å². The minimum atomic E-state index is -0.714. The summed E-state index contributed by atoms with van der Waals surface area (Å²) in [7, 11) is 0. The van der Waals surface area contributed by atoms with E-state index in [1.165, 1.54) is 12.8 Å². The average Bonchev–Trinajstić information content (AvgIpc) is 2.53. The predicted octanol–water partition coefficient (Wildman–Crippen LogP) is 2.91. The standard InChI is InChI=1S/C12H16O2/c1-9-5-4-8-12(6-2-3-7-12)10(9)11(13)14/h4-5H,2-3,6-8H2,1H3,(H,13,14). The molecule has 2 nitrogen and oxygen atoms in total. The maximum Gasteiger partial charge on any atom is 0.332 e. The van der Waals surface area contributed by atoms with Crippen molar-refractivity contribution < 1.29 is 9.90 Å². The van der Waals surface area contributed by atoms with E-state index in [2.05, 4.69) is 6.08 Å². The monoisotopic (exact) mass is 192 g/mol. The lowest BCUT2D eigenvalue weighted by atomic mass is 9.71. The van der Waals surface area contributed by atoms with E-state index in [1.54, 1.807) is 0 Å². The summed E-state index contributed by atoms with van der Waals surface area (Å²) < 4.78 is 0. The van der Waals surface area contributed by atoms with Crippen LogP contribution in [0.1, 0.15) is 39.0 Å². The van der Waals surface area contributed by atoms with Gasteiger partial charge in [0.2, 0.25) is 0 Å². The quantitative estimate of drug-likeness (QED) is 0.693. The van der Waals surface area contributed by atoms with Crippen LogP contribution in [0.25, 0.3) is 0 Å². The largest absolute Gasteiger partial charge is 0.478 e. The Hall–Kier alpha value is -1.05. The fourth-order valence-corrected chi connectivity index (χ4v) is 2.97. The number of aliphatic carboxylic acids is 1. The highest BCUT2D eigenvalue weighted by Crippen LogP contribution is 2.50. The van der Waals surface area contributed by atoms with E-state index in [9.17, 15) is 9.90 Å². The third-order valence-electron chi connectivity index (χ3n) is 3.58. The maximum absolute atomic E-state index is 11.2. The van der Waals surface area contributed by atoms with Crippen LogP contribution in [0.2, 0.25) is 0 Å². The van der Waals surface area contributed by atoms with E-state index < -0.39 is 5.97 Å². The minimum Gasteiger partial charge on any atom is -0.478 e. The summed E-state index contributed by atoms with van der Waals surface area (Å²) in [4.78, 5) is 11.2. The molecule has 2 rings (SSSR count). The summed E-state index contributed by atoms with van der Waals surface area (Å²) >= 11 is 0. The summed E-state index contributed by atoms with van der Waals surface area (Å²) in [6.45, 7) is 1.92. The normalized spacial score (nSPS) is 24.6. The van der Waals surface area contributed by atoms with Gasteiger partial charge < -0.3 is 5.11 Å². The molecule has 0 unspecified atom stereocenters. The molecule has 76 valence electrons. The molecule has 0 bridgehead atoms. The van der Waals surface area contributed by atoms with Gasteiger partial charge in [-0.3, -0.25) is 0 Å². The number of rotatable bonds is 1. The molecule has 1 fully saturated rings. The summed E-state index contributed by atoms with van der Waals surface area (Å²) in [5, 5.41) is 9.24. The molecule has 0 heterocycles. The lowest BCUT2D eigenvalue weighted by Gasteiger charge is -2.32. The second-order valence-electron chi connectivity index (χ2n) is 4.46. The summed E-state index contributed by atoms with van der Waals surface area (Å²) in [6, 6.07) is 0. The predicted molar refractivity (Wildman–Crippen MR) is 55.0 cm³/mol. The molecule has 2 aliphatic rings. The van der Waals surface area contributed by atoms with Crippen molar-refractivity contribution in [2.24, 2.45) is 5.41 Å². The van der Waals surface area contributed by atoms with Gasteiger partial charge in [0, 0.05) is 11.0 Å². The fraction of sp³-hybridized carbons (Fsp3) is 0.583. The Morgan fingerprint density at radius 2 is 2.07 bits per heavy atom. The molecule has 0 aromatic carbocycles. The second-order valence-corrected chi connectivity index (χ2v) is 4.46. The van der Waals surface area contributed by atoms with Crippen LogP contribution in [0.4, 0.5) is 0 Å². The topological polar surface area (TPSA) is 37.3 Å². The van der Waals surface area contributed by atoms with Gasteiger partial charge in [0.25, 0.3) is 0 Å². The average molecular weight is 192 g/mol. The molecule has 1 N–H and O–H groups in total. The van der Waals surface area contributed by atoms with Gasteiger partial charge in [0.1, 0.15) is 0 Å². The fourth-order valence-electron chi connectivity index (χ4n) is 2.97. The van der Waals surface area contributed by atoms with Gasteiger partial charge in [-0.2, -0.15) is 0 Å². The molecule has 0 saturated heterocycles. The van der Waals surface area contributed by atoms with Crippen molar-refractivity contribution >= 4 is 5.97 Å². The Labute approximate surface area is 84.3 Å². The zero-order valence-corrected chi connectivity index (χ0v) is 8.55. The van der Waals surface area contributed by atoms with E-state index in [0.717, 1.165) is 24.8 Å². The Bertz CT molecular complexity index is 317. The zero-order valence-electron chi connectivity index (χ0n) is 8.55. The van der Waals surface area contributed by atoms with E-state index in [1.807, 2.05) is 13.0 Å². The van der Waals surface area contributed by atoms with Crippen LogP contribution >= 0.6 is 0 Å². The van der Waals surface area contributed by atoms with Crippen LogP contribution in [0, 0.1) is 5.41 Å². The number of carboxylic acids is 1. The maximum atomic E-state index is 11.2. The van der Waals surface area contributed by atoms with Gasteiger partial charge in [-0.05, 0) is 31.8 Å². The van der Waals surface area contributed by atoms with Gasteiger partial charge in [0.15, 0.2) is 0 Å². The first-order valence-electron chi connectivity index (χ1n) is 5.27. The molecular formula is C12H16O2. The molecular weight excluding hydrogens is 176 g/mol. The smallest absolute Gasteiger partial charge is 0.332 e. The minimum absolute atomic E-state index is 0.0231. The number of hydrogen-bond donors (Lipinski definition) is 1. The lowest BCUT2D eigenvalue weighted by molar-refractivity contribution is -0.134. The molecule has 14 heavy (non-hydrogen) atoms. The lowest BCUT2D eigenvalue weighted by Crippen LogP contribution is -2.27. The van der Waals surface area contributed by atoms with Gasteiger partial charge in [-0.25, -0.2) is 4.79 Å². The first-order chi connectivity index (χ1) is 6.66. The Morgan fingerprint density at radius 3 is 2.64 bits per heavy atom. The van der Waals surface area contributed by atoms with Crippen LogP contribution in [0.15, 0.2) is 23.3 Å². The number of allylic oxidation sites excluding steroid dienone is 3. The molecule has 1 spiro atoms. The first-order valence-corrected chi connectivity index (χ1v) is 5.27. The molecule has 2 aliphatic carbocycles. The summed E-state index contributed by atoms with van der Waals surface area (Å²) in [6.07, 6.45) is 9.47. The van der Waals surface area contributed by atoms with Crippen molar-refractivity contribution in [3.05, 3.63) is 23.3 Å². The van der Waals surface area contributed by atoms with E-state index in [4.69, 9.17) is 0 Å². The second kappa shape index (κ2) is 3.26. The van der Waals surface area contributed by atoms with E-state index in [0.29, 0.717) is 5.57 Å². The summed E-state index contributed by atoms with van der Waals surface area (Å²) in [5.74, 6) is -0.714. The summed E-state index contributed by atoms with van der Waals surface area (Å²) in [5.41, 5.74) is 1.60. The van der Waals surface area contributed by atoms with Crippen LogP contribution < -0.4 is 0 Å². The number of hydrogen-bond acceptors (Lipinski definition) is 1. The molecule has 1 saturated carbocycles. The third kappa shape index (κ3) is 1.29. The first kappa shape index (κ1) is 9.50. The molecule has 0 amide bonds. The molecule has 2 heteroatoms. The molecule has 0 radical (unpaired) electrons. The van der Waals surface area contributed by atoms with Crippen LogP contribution in [0.3, 0.4) is 0 Å². The van der Waals surface area contributed by atoms with Crippen molar-refractivity contribution in [1.82, 2.24) is 0 Å². The number of carboxylic acid groups (broad SMARTS) is 1. The highest BCUT2D eigenvalue weighted by molar-refractivity contribution is 5.90. The third-order valence-corrected chi connectivity index (χ3v) is 3.58. The van der Waals surface area contributed by atoms with Crippen molar-refractivity contribution in [2.75, 3.05) is 0 Å². The highest BCUT2D eigenvalue weighted by Gasteiger charge is 2.41. The molecule has 0 aliphatic heterocycles. The Balaban J connectivity index is 2.44. The number of carbonyl (C=O) groups is 1. The van der Waals surface area contributed by atoms with Crippen molar-refractivity contribution in [2.45, 2.75) is 39.0 Å². The highest BCUT2D eigenvalue weighted by atomic mass is 16.4. The molecule has 0 atom stereocenters. The SMILES string of the molecule is CC1=C(C(=O)O)C2(CC=C1)CCCC2. The van der Waals surface area contributed by atoms with Crippen molar-refractivity contribution in [1.29, 1.82) is 0 Å². The van der Waals surface area contributed by atoms with Crippen LogP contribution in [0.5, 0.6) is 0 Å². The Morgan fingerprint density at radius 1 is 1.43 bits per heavy atom. The van der Waals surface area contributed by atoms with E-state index >= 15 is 0 Å². The molecule has 0 aromatic rings. The molecule has 0 aromatic heterocycles. The van der Waals surface area contributed by atoms with Gasteiger partial charge in [-0.1, -0.05) is 25.0 Å². The van der Waals surface area contributed by atoms with Crippen LogP contribution in [-0.2, 0) is 4.79 Å². The van der Waals surface area contributed by atoms with Crippen LogP contribution in [-0.4, -0.2) is 11.1 Å². The van der Waals surface area contributed by atoms with Gasteiger partial charge in [0.05, 0.1) is 0 Å². The van der Waals surface area contributed by atoms with Gasteiger partial charge >= 0.3 is 5.97 Å². The Kier molecular flexibility index (Phi) is 2.22. The zero-order chi connectivity index (χ0) is 10.2. The van der Waals surface area contributed by atoms with Crippen molar-refractivity contribution in [3.63, 3.8) is 0 Å².